The van der Waals surface area contributed by atoms with Gasteiger partial charge < -0.3 is 19.4 Å². The van der Waals surface area contributed by atoms with Gasteiger partial charge >= 0.3 is 11.9 Å². The quantitative estimate of drug-likeness (QED) is 0.468. The second kappa shape index (κ2) is 8.61. The van der Waals surface area contributed by atoms with Crippen molar-refractivity contribution in [3.8, 4) is 0 Å². The van der Waals surface area contributed by atoms with Gasteiger partial charge in [-0.15, -0.1) is 0 Å². The molecule has 0 aliphatic heterocycles. The molecular weight excluding hydrogens is 380 g/mol. The first-order chi connectivity index (χ1) is 14.6. The van der Waals surface area contributed by atoms with Crippen molar-refractivity contribution in [3.05, 3.63) is 71.3 Å². The predicted octanol–water partition coefficient (Wildman–Crippen LogP) is 5.07. The molecule has 2 N–H and O–H groups in total. The highest BCUT2D eigenvalue weighted by Gasteiger charge is 2.34. The molecule has 2 unspecified atom stereocenters. The van der Waals surface area contributed by atoms with Crippen LogP contribution in [0.3, 0.4) is 0 Å². The molecule has 0 radical (unpaired) electrons. The minimum Gasteiger partial charge on any atom is -0.461 e. The summed E-state index contributed by atoms with van der Waals surface area (Å²) < 4.78 is 9.99. The summed E-state index contributed by atoms with van der Waals surface area (Å²) in [6.07, 6.45) is 10.6. The molecule has 156 valence electrons. The van der Waals surface area contributed by atoms with Gasteiger partial charge in [0.05, 0.1) is 13.2 Å². The molecule has 2 atom stereocenters. The molecule has 6 heteroatoms. The molecule has 0 saturated heterocycles. The van der Waals surface area contributed by atoms with Gasteiger partial charge in [-0.05, 0) is 37.8 Å². The highest BCUT2D eigenvalue weighted by Crippen LogP contribution is 2.46. The fourth-order valence-electron chi connectivity index (χ4n) is 4.30. The highest BCUT2D eigenvalue weighted by molar-refractivity contribution is 6.03. The van der Waals surface area contributed by atoms with Crippen LogP contribution in [0.2, 0.25) is 0 Å². The molecule has 3 aliphatic rings. The van der Waals surface area contributed by atoms with E-state index >= 15 is 0 Å². The van der Waals surface area contributed by atoms with Crippen molar-refractivity contribution in [2.75, 3.05) is 13.2 Å². The van der Waals surface area contributed by atoms with Gasteiger partial charge in [0.25, 0.3) is 0 Å². The van der Waals surface area contributed by atoms with E-state index < -0.39 is 0 Å². The fourth-order valence-corrected chi connectivity index (χ4v) is 4.30. The zero-order valence-corrected chi connectivity index (χ0v) is 17.2. The lowest BCUT2D eigenvalue weighted by Gasteiger charge is -2.31. The number of aromatic nitrogens is 2. The van der Waals surface area contributed by atoms with Crippen molar-refractivity contribution in [3.63, 3.8) is 0 Å². The van der Waals surface area contributed by atoms with E-state index in [2.05, 4.69) is 22.1 Å². The van der Waals surface area contributed by atoms with Crippen LogP contribution < -0.4 is 0 Å². The number of carbonyl (C=O) groups excluding carboxylic acids is 2. The second-order valence-electron chi connectivity index (χ2n) is 7.40. The van der Waals surface area contributed by atoms with Crippen LogP contribution >= 0.6 is 0 Å². The van der Waals surface area contributed by atoms with Gasteiger partial charge in [0.2, 0.25) is 0 Å². The van der Waals surface area contributed by atoms with Gasteiger partial charge in [-0.3, -0.25) is 0 Å². The molecule has 2 aromatic heterocycles. The van der Waals surface area contributed by atoms with Gasteiger partial charge in [0, 0.05) is 35.0 Å². The van der Waals surface area contributed by atoms with E-state index in [1.54, 1.807) is 6.92 Å². The summed E-state index contributed by atoms with van der Waals surface area (Å²) in [5.41, 5.74) is 3.66. The van der Waals surface area contributed by atoms with Crippen LogP contribution in [-0.4, -0.2) is 35.1 Å². The Morgan fingerprint density at radius 3 is 2.23 bits per heavy atom. The maximum atomic E-state index is 11.8. The third kappa shape index (κ3) is 3.65. The number of carbonyl (C=O) groups is 2. The number of benzene rings is 1. The Bertz CT molecular complexity index is 1090. The van der Waals surface area contributed by atoms with Crippen molar-refractivity contribution < 1.29 is 19.1 Å². The number of rotatable bonds is 4. The Morgan fingerprint density at radius 2 is 1.53 bits per heavy atom. The minimum absolute atomic E-state index is 0.218. The Morgan fingerprint density at radius 1 is 0.900 bits per heavy atom. The van der Waals surface area contributed by atoms with E-state index in [4.69, 9.17) is 9.47 Å². The minimum atomic E-state index is -0.297. The van der Waals surface area contributed by atoms with Gasteiger partial charge in [0.1, 0.15) is 11.4 Å². The summed E-state index contributed by atoms with van der Waals surface area (Å²) in [5.74, 6) is 0.392. The smallest absolute Gasteiger partial charge is 0.355 e. The molecule has 0 spiro atoms. The van der Waals surface area contributed by atoms with Crippen LogP contribution in [0.25, 0.3) is 10.8 Å². The summed E-state index contributed by atoms with van der Waals surface area (Å²) in [5, 5.41) is 1.93. The Balaban J connectivity index is 0.000000147. The molecule has 1 aromatic carbocycles. The molecular formula is C24H26N2O4. The maximum Gasteiger partial charge on any atom is 0.355 e. The van der Waals surface area contributed by atoms with Crippen LogP contribution in [0.1, 0.15) is 70.6 Å². The molecule has 0 amide bonds. The SMILES string of the molecule is CCOC(=O)c1[nH]cc2c1C1C=CC2CC1.CCOC(=O)c1[nH]cc2ccccc12. The molecule has 2 heterocycles. The van der Waals surface area contributed by atoms with Crippen molar-refractivity contribution in [1.82, 2.24) is 9.97 Å². The second-order valence-corrected chi connectivity index (χ2v) is 7.40. The van der Waals surface area contributed by atoms with Crippen LogP contribution in [-0.2, 0) is 9.47 Å². The maximum absolute atomic E-state index is 11.8. The molecule has 30 heavy (non-hydrogen) atoms. The lowest BCUT2D eigenvalue weighted by Crippen LogP contribution is -2.18. The van der Waals surface area contributed by atoms with Crippen molar-refractivity contribution in [2.45, 2.75) is 38.5 Å². The largest absolute Gasteiger partial charge is 0.461 e. The van der Waals surface area contributed by atoms with Crippen LogP contribution in [0.4, 0.5) is 0 Å². The monoisotopic (exact) mass is 406 g/mol. The topological polar surface area (TPSA) is 84.2 Å². The summed E-state index contributed by atoms with van der Waals surface area (Å²) >= 11 is 0. The average Bonchev–Trinajstić information content (AvgIpc) is 3.41. The number of esters is 2. The number of fused-ring (bicyclic) bond motifs is 2. The number of allylic oxidation sites excluding steroid dienone is 2. The molecule has 3 aliphatic carbocycles. The molecule has 3 aromatic rings. The Labute approximate surface area is 175 Å². The summed E-state index contributed by atoms with van der Waals surface area (Å²) in [6, 6.07) is 7.69. The van der Waals surface area contributed by atoms with Crippen LogP contribution in [0.5, 0.6) is 0 Å². The number of ether oxygens (including phenoxy) is 2. The lowest BCUT2D eigenvalue weighted by molar-refractivity contribution is 0.0510. The third-order valence-corrected chi connectivity index (χ3v) is 5.65. The standard InChI is InChI=1S/C13H15NO2.C11H11NO2/c1-2-16-13(15)12-11-9-5-3-8(4-6-9)10(11)7-14-12;1-2-14-11(13)10-9-6-4-3-5-8(9)7-12-10/h3,5,7-9,14H,2,4,6H2,1H3;3-7,12H,2H2,1H3. The number of hydrogen-bond acceptors (Lipinski definition) is 4. The van der Waals surface area contributed by atoms with E-state index in [-0.39, 0.29) is 11.9 Å². The zero-order valence-electron chi connectivity index (χ0n) is 17.2. The first kappa shape index (κ1) is 20.0. The van der Waals surface area contributed by atoms with Gasteiger partial charge in [-0.25, -0.2) is 9.59 Å². The average molecular weight is 406 g/mol. The van der Waals surface area contributed by atoms with Crippen LogP contribution in [0.15, 0.2) is 48.8 Å². The fraction of sp³-hybridized carbons (Fsp3) is 0.333. The van der Waals surface area contributed by atoms with E-state index in [0.717, 1.165) is 17.2 Å². The first-order valence-electron chi connectivity index (χ1n) is 10.4. The normalized spacial score (nSPS) is 18.5. The number of H-pyrrole nitrogens is 2. The van der Waals surface area contributed by atoms with Crippen molar-refractivity contribution in [2.24, 2.45) is 0 Å². The van der Waals surface area contributed by atoms with Crippen LogP contribution in [0, 0.1) is 0 Å². The van der Waals surface area contributed by atoms with E-state index in [9.17, 15) is 9.59 Å². The molecule has 6 nitrogen and oxygen atoms in total. The molecule has 0 fully saturated rings. The zero-order chi connectivity index (χ0) is 21.1. The number of nitrogens with one attached hydrogen (secondary N) is 2. The van der Waals surface area contributed by atoms with Crippen molar-refractivity contribution >= 4 is 22.7 Å². The van der Waals surface area contributed by atoms with Gasteiger partial charge in [0.15, 0.2) is 0 Å². The Hall–Kier alpha value is -3.28. The van der Waals surface area contributed by atoms with E-state index in [1.165, 1.54) is 17.5 Å². The molecule has 0 saturated carbocycles. The predicted molar refractivity (Wildman–Crippen MR) is 115 cm³/mol. The number of hydrogen-bond donors (Lipinski definition) is 2. The van der Waals surface area contributed by atoms with Crippen molar-refractivity contribution in [1.29, 1.82) is 0 Å². The molecule has 6 rings (SSSR count). The van der Waals surface area contributed by atoms with E-state index in [1.807, 2.05) is 43.6 Å². The highest BCUT2D eigenvalue weighted by atomic mass is 16.5. The number of aromatic amines is 2. The summed E-state index contributed by atoms with van der Waals surface area (Å²) in [7, 11) is 0. The summed E-state index contributed by atoms with van der Waals surface area (Å²) in [4.78, 5) is 29.3. The lowest BCUT2D eigenvalue weighted by atomic mass is 9.72. The van der Waals surface area contributed by atoms with Gasteiger partial charge in [-0.1, -0.05) is 36.4 Å². The third-order valence-electron chi connectivity index (χ3n) is 5.65. The summed E-state index contributed by atoms with van der Waals surface area (Å²) in [6.45, 7) is 4.45. The van der Waals surface area contributed by atoms with Gasteiger partial charge in [-0.2, -0.15) is 0 Å². The van der Waals surface area contributed by atoms with E-state index in [0.29, 0.717) is 36.4 Å². The molecule has 2 bridgehead atoms. The Kier molecular flexibility index (Phi) is 5.74. The first-order valence-corrected chi connectivity index (χ1v) is 10.4.